The lowest BCUT2D eigenvalue weighted by atomic mass is 10.2. The molecule has 1 rings (SSSR count). The van der Waals surface area contributed by atoms with E-state index in [2.05, 4.69) is 5.32 Å². The van der Waals surface area contributed by atoms with Crippen molar-refractivity contribution in [3.63, 3.8) is 0 Å². The summed E-state index contributed by atoms with van der Waals surface area (Å²) in [6.45, 7) is 3.36. The van der Waals surface area contributed by atoms with Gasteiger partial charge in [-0.2, -0.15) is 0 Å². The van der Waals surface area contributed by atoms with Crippen LogP contribution in [0, 0.1) is 0 Å². The maximum Gasteiger partial charge on any atom is 0.157 e. The van der Waals surface area contributed by atoms with Crippen LogP contribution in [0.15, 0.2) is 18.2 Å². The van der Waals surface area contributed by atoms with Gasteiger partial charge in [-0.1, -0.05) is 13.0 Å². The Bertz CT molecular complexity index is 395. The van der Waals surface area contributed by atoms with Crippen molar-refractivity contribution in [2.45, 2.75) is 25.1 Å². The highest BCUT2D eigenvalue weighted by molar-refractivity contribution is 7.84. The van der Waals surface area contributed by atoms with Crippen LogP contribution in [0.1, 0.15) is 18.9 Å². The lowest BCUT2D eigenvalue weighted by Crippen LogP contribution is -2.20. The molecule has 2 unspecified atom stereocenters. The third-order valence-electron chi connectivity index (χ3n) is 2.66. The normalized spacial score (nSPS) is 14.5. The van der Waals surface area contributed by atoms with Crippen molar-refractivity contribution in [3.8, 4) is 11.5 Å². The number of hydrogen-bond donors (Lipinski definition) is 3. The van der Waals surface area contributed by atoms with Crippen molar-refractivity contribution in [1.29, 1.82) is 0 Å². The fourth-order valence-corrected chi connectivity index (χ4v) is 1.83. The van der Waals surface area contributed by atoms with E-state index in [0.717, 1.165) is 18.5 Å². The Balaban J connectivity index is 2.31. The highest BCUT2D eigenvalue weighted by Crippen LogP contribution is 2.24. The third kappa shape index (κ3) is 4.75. The van der Waals surface area contributed by atoms with E-state index in [4.69, 9.17) is 5.11 Å². The number of rotatable bonds is 6. The van der Waals surface area contributed by atoms with Crippen LogP contribution in [-0.4, -0.2) is 32.5 Å². The number of aromatic hydroxyl groups is 2. The molecular formula is C12H19NO3S. The molecule has 0 radical (unpaired) electrons. The fraction of sp³-hybridized carbons (Fsp3) is 0.500. The molecule has 0 aliphatic carbocycles. The molecule has 3 N–H and O–H groups in total. The quantitative estimate of drug-likeness (QED) is 0.531. The van der Waals surface area contributed by atoms with Gasteiger partial charge in [0.05, 0.1) is 0 Å². The van der Waals surface area contributed by atoms with Crippen LogP contribution in [-0.2, 0) is 17.3 Å². The Morgan fingerprint density at radius 3 is 2.65 bits per heavy atom. The van der Waals surface area contributed by atoms with Gasteiger partial charge < -0.3 is 15.5 Å². The van der Waals surface area contributed by atoms with E-state index in [0.29, 0.717) is 6.54 Å². The molecule has 2 atom stereocenters. The summed E-state index contributed by atoms with van der Waals surface area (Å²) >= 11 is 0. The molecule has 0 spiro atoms. The molecule has 5 heteroatoms. The predicted molar refractivity (Wildman–Crippen MR) is 69.6 cm³/mol. The van der Waals surface area contributed by atoms with Crippen molar-refractivity contribution in [2.24, 2.45) is 0 Å². The van der Waals surface area contributed by atoms with Gasteiger partial charge >= 0.3 is 0 Å². The summed E-state index contributed by atoms with van der Waals surface area (Å²) in [5.74, 6) is -0.212. The van der Waals surface area contributed by atoms with Crippen LogP contribution in [0.2, 0.25) is 0 Å². The number of phenols is 2. The summed E-state index contributed by atoms with van der Waals surface area (Å²) in [6.07, 6.45) is 2.57. The molecule has 4 nitrogen and oxygen atoms in total. The second-order valence-electron chi connectivity index (χ2n) is 4.10. The Hall–Kier alpha value is -1.07. The van der Waals surface area contributed by atoms with Crippen molar-refractivity contribution < 1.29 is 14.4 Å². The van der Waals surface area contributed by atoms with Crippen LogP contribution in [0.25, 0.3) is 0 Å². The zero-order chi connectivity index (χ0) is 12.8. The van der Waals surface area contributed by atoms with Gasteiger partial charge in [-0.15, -0.1) is 0 Å². The first-order valence-electron chi connectivity index (χ1n) is 5.54. The maximum absolute atomic E-state index is 11.1. The molecular weight excluding hydrogens is 238 g/mol. The summed E-state index contributed by atoms with van der Waals surface area (Å²) in [5, 5.41) is 21.8. The van der Waals surface area contributed by atoms with Crippen molar-refractivity contribution in [1.82, 2.24) is 5.32 Å². The molecule has 0 heterocycles. The van der Waals surface area contributed by atoms with E-state index in [1.165, 1.54) is 12.1 Å². The largest absolute Gasteiger partial charge is 0.504 e. The van der Waals surface area contributed by atoms with E-state index >= 15 is 0 Å². The smallest absolute Gasteiger partial charge is 0.157 e. The predicted octanol–water partition coefficient (Wildman–Crippen LogP) is 1.34. The molecule has 1 aromatic carbocycles. The highest BCUT2D eigenvalue weighted by atomic mass is 32.2. The second kappa shape index (κ2) is 6.61. The van der Waals surface area contributed by atoms with Gasteiger partial charge in [0, 0.05) is 28.9 Å². The van der Waals surface area contributed by atoms with E-state index in [-0.39, 0.29) is 16.7 Å². The first kappa shape index (κ1) is 14.0. The van der Waals surface area contributed by atoms with Gasteiger partial charge in [-0.05, 0) is 30.7 Å². The summed E-state index contributed by atoms with van der Waals surface area (Å²) in [5.41, 5.74) is 0.908. The average Bonchev–Trinajstić information content (AvgIpc) is 2.28. The molecule has 17 heavy (non-hydrogen) atoms. The van der Waals surface area contributed by atoms with Gasteiger partial charge in [-0.25, -0.2) is 0 Å². The first-order valence-corrected chi connectivity index (χ1v) is 7.16. The van der Waals surface area contributed by atoms with Crippen LogP contribution in [0.4, 0.5) is 0 Å². The Kier molecular flexibility index (Phi) is 5.44. The molecule has 96 valence electrons. The van der Waals surface area contributed by atoms with Crippen molar-refractivity contribution >= 4 is 10.8 Å². The van der Waals surface area contributed by atoms with E-state index < -0.39 is 10.8 Å². The molecule has 0 aromatic heterocycles. The number of nitrogens with one attached hydrogen (secondary N) is 1. The number of benzene rings is 1. The highest BCUT2D eigenvalue weighted by Gasteiger charge is 2.05. The zero-order valence-corrected chi connectivity index (χ0v) is 11.0. The Morgan fingerprint density at radius 2 is 2.06 bits per heavy atom. The zero-order valence-electron chi connectivity index (χ0n) is 10.1. The van der Waals surface area contributed by atoms with Crippen LogP contribution in [0.5, 0.6) is 11.5 Å². The van der Waals surface area contributed by atoms with Crippen LogP contribution in [0.3, 0.4) is 0 Å². The Labute approximate surface area is 104 Å². The molecule has 0 saturated heterocycles. The van der Waals surface area contributed by atoms with Gasteiger partial charge in [0.25, 0.3) is 0 Å². The van der Waals surface area contributed by atoms with Crippen LogP contribution >= 0.6 is 0 Å². The van der Waals surface area contributed by atoms with E-state index in [1.807, 2.05) is 6.92 Å². The van der Waals surface area contributed by atoms with Gasteiger partial charge in [0.15, 0.2) is 11.5 Å². The molecule has 1 aromatic rings. The van der Waals surface area contributed by atoms with Gasteiger partial charge in [0.1, 0.15) is 0 Å². The first-order chi connectivity index (χ1) is 8.00. The number of hydrogen-bond acceptors (Lipinski definition) is 4. The average molecular weight is 257 g/mol. The monoisotopic (exact) mass is 257 g/mol. The standard InChI is InChI=1S/C12H19NO3S/c1-9(17(2)16)5-6-13-8-10-3-4-11(14)12(15)7-10/h3-4,7,9,13-15H,5-6,8H2,1-2H3. The summed E-state index contributed by atoms with van der Waals surface area (Å²) in [6, 6.07) is 4.75. The van der Waals surface area contributed by atoms with Crippen LogP contribution < -0.4 is 5.32 Å². The number of phenolic OH excluding ortho intramolecular Hbond substituents is 2. The summed E-state index contributed by atoms with van der Waals surface area (Å²) in [4.78, 5) is 0. The minimum absolute atomic E-state index is 0.104. The second-order valence-corrected chi connectivity index (χ2v) is 5.90. The van der Waals surface area contributed by atoms with E-state index in [9.17, 15) is 9.32 Å². The molecule has 0 bridgehead atoms. The minimum Gasteiger partial charge on any atom is -0.504 e. The molecule has 0 aliphatic rings. The van der Waals surface area contributed by atoms with Crippen molar-refractivity contribution in [2.75, 3.05) is 12.8 Å². The lowest BCUT2D eigenvalue weighted by molar-refractivity contribution is 0.403. The summed E-state index contributed by atoms with van der Waals surface area (Å²) < 4.78 is 11.1. The van der Waals surface area contributed by atoms with Gasteiger partial charge in [0.2, 0.25) is 0 Å². The molecule has 0 fully saturated rings. The Morgan fingerprint density at radius 1 is 1.35 bits per heavy atom. The SMILES string of the molecule is CC(CCNCc1ccc(O)c(O)c1)S(C)=O. The molecule has 0 saturated carbocycles. The minimum atomic E-state index is -0.778. The van der Waals surface area contributed by atoms with Crippen molar-refractivity contribution in [3.05, 3.63) is 23.8 Å². The summed E-state index contributed by atoms with van der Waals surface area (Å²) in [7, 11) is -0.778. The molecule has 0 amide bonds. The molecule has 0 aliphatic heterocycles. The lowest BCUT2D eigenvalue weighted by Gasteiger charge is -2.09. The topological polar surface area (TPSA) is 69.6 Å². The van der Waals surface area contributed by atoms with E-state index in [1.54, 1.807) is 12.3 Å². The fourth-order valence-electron chi connectivity index (χ4n) is 1.38. The maximum atomic E-state index is 11.1. The van der Waals surface area contributed by atoms with Gasteiger partial charge in [-0.3, -0.25) is 4.21 Å². The third-order valence-corrected chi connectivity index (χ3v) is 4.03.